The first kappa shape index (κ1) is 23.5. The molecule has 0 saturated carbocycles. The van der Waals surface area contributed by atoms with Gasteiger partial charge in [-0.3, -0.25) is 0 Å². The van der Waals surface area contributed by atoms with E-state index < -0.39 is 0 Å². The second-order valence-corrected chi connectivity index (χ2v) is 7.49. The lowest BCUT2D eigenvalue weighted by Crippen LogP contribution is -1.89. The van der Waals surface area contributed by atoms with Crippen LogP contribution in [0.15, 0.2) is 11.8 Å². The molecular formula is C23H46O. The third-order valence-corrected chi connectivity index (χ3v) is 4.96. The minimum absolute atomic E-state index is 0.899. The maximum atomic E-state index is 5.54. The minimum Gasteiger partial charge on any atom is -0.501 e. The zero-order chi connectivity index (χ0) is 17.7. The summed E-state index contributed by atoms with van der Waals surface area (Å²) in [5.41, 5.74) is 1.34. The van der Waals surface area contributed by atoms with Crippen LogP contribution in [0.5, 0.6) is 0 Å². The normalized spacial score (nSPS) is 11.9. The van der Waals surface area contributed by atoms with E-state index >= 15 is 0 Å². The summed E-state index contributed by atoms with van der Waals surface area (Å²) in [5, 5.41) is 0. The van der Waals surface area contributed by atoms with E-state index in [2.05, 4.69) is 20.8 Å². The molecule has 1 heteroatoms. The average molecular weight is 339 g/mol. The van der Waals surface area contributed by atoms with Gasteiger partial charge in [-0.15, -0.1) is 0 Å². The number of rotatable bonds is 19. The molecule has 0 aromatic carbocycles. The standard InChI is InChI=1S/C23H46O/c1-4-6-7-8-9-10-11-12-13-14-15-16-17-18-19-20-21-24-22-23(3)5-2/h22H,4-21H2,1-3H3/b23-22+. The highest BCUT2D eigenvalue weighted by atomic mass is 16.5. The van der Waals surface area contributed by atoms with Gasteiger partial charge in [0.15, 0.2) is 0 Å². The van der Waals surface area contributed by atoms with Crippen LogP contribution in [0.4, 0.5) is 0 Å². The van der Waals surface area contributed by atoms with Crippen molar-refractivity contribution in [3.63, 3.8) is 0 Å². The third-order valence-electron chi connectivity index (χ3n) is 4.96. The monoisotopic (exact) mass is 338 g/mol. The van der Waals surface area contributed by atoms with Gasteiger partial charge in [0.05, 0.1) is 12.9 Å². The molecule has 24 heavy (non-hydrogen) atoms. The fourth-order valence-corrected chi connectivity index (χ4v) is 3.02. The molecule has 0 aliphatic heterocycles. The van der Waals surface area contributed by atoms with Crippen molar-refractivity contribution in [3.05, 3.63) is 11.8 Å². The summed E-state index contributed by atoms with van der Waals surface area (Å²) in [4.78, 5) is 0. The second-order valence-electron chi connectivity index (χ2n) is 7.49. The number of hydrogen-bond acceptors (Lipinski definition) is 1. The Labute approximate surface area is 153 Å². The van der Waals surface area contributed by atoms with Crippen LogP contribution in [0.3, 0.4) is 0 Å². The molecule has 0 aromatic rings. The van der Waals surface area contributed by atoms with Crippen molar-refractivity contribution in [2.24, 2.45) is 0 Å². The number of allylic oxidation sites excluding steroid dienone is 1. The summed E-state index contributed by atoms with van der Waals surface area (Å²) in [6.45, 7) is 7.49. The van der Waals surface area contributed by atoms with Crippen molar-refractivity contribution in [2.45, 2.75) is 130 Å². The van der Waals surface area contributed by atoms with Gasteiger partial charge in [0.25, 0.3) is 0 Å². The van der Waals surface area contributed by atoms with E-state index in [1.807, 2.05) is 6.26 Å². The predicted octanol–water partition coefficient (Wildman–Crippen LogP) is 8.58. The Bertz CT molecular complexity index is 257. The molecule has 0 amide bonds. The molecule has 1 nitrogen and oxygen atoms in total. The van der Waals surface area contributed by atoms with Gasteiger partial charge in [-0.1, -0.05) is 110 Å². The highest BCUT2D eigenvalue weighted by molar-refractivity contribution is 4.90. The van der Waals surface area contributed by atoms with E-state index in [-0.39, 0.29) is 0 Å². The van der Waals surface area contributed by atoms with Gasteiger partial charge in [0.1, 0.15) is 0 Å². The molecule has 0 unspecified atom stereocenters. The lowest BCUT2D eigenvalue weighted by molar-refractivity contribution is 0.237. The predicted molar refractivity (Wildman–Crippen MR) is 110 cm³/mol. The van der Waals surface area contributed by atoms with Gasteiger partial charge in [0, 0.05) is 0 Å². The van der Waals surface area contributed by atoms with Gasteiger partial charge in [-0.25, -0.2) is 0 Å². The maximum Gasteiger partial charge on any atom is 0.0873 e. The molecule has 0 N–H and O–H groups in total. The molecule has 0 aliphatic carbocycles. The average Bonchev–Trinajstić information content (AvgIpc) is 2.60. The first-order valence-corrected chi connectivity index (χ1v) is 11.1. The number of ether oxygens (including phenoxy) is 1. The first-order valence-electron chi connectivity index (χ1n) is 11.1. The lowest BCUT2D eigenvalue weighted by atomic mass is 10.0. The van der Waals surface area contributed by atoms with Crippen LogP contribution in [0.2, 0.25) is 0 Å². The summed E-state index contributed by atoms with van der Waals surface area (Å²) in [5.74, 6) is 0. The summed E-state index contributed by atoms with van der Waals surface area (Å²) >= 11 is 0. The van der Waals surface area contributed by atoms with Crippen molar-refractivity contribution in [3.8, 4) is 0 Å². The van der Waals surface area contributed by atoms with Crippen LogP contribution in [0, 0.1) is 0 Å². The highest BCUT2D eigenvalue weighted by Crippen LogP contribution is 2.13. The van der Waals surface area contributed by atoms with E-state index in [4.69, 9.17) is 4.74 Å². The molecule has 0 radical (unpaired) electrons. The SMILES string of the molecule is CCCCCCCCCCCCCCCCCCO/C=C(\C)CC. The molecule has 0 spiro atoms. The van der Waals surface area contributed by atoms with Gasteiger partial charge in [-0.2, -0.15) is 0 Å². The fourth-order valence-electron chi connectivity index (χ4n) is 3.02. The van der Waals surface area contributed by atoms with Gasteiger partial charge < -0.3 is 4.74 Å². The number of hydrogen-bond donors (Lipinski definition) is 0. The molecular weight excluding hydrogens is 292 g/mol. The molecule has 0 aromatic heterocycles. The first-order chi connectivity index (χ1) is 11.8. The molecule has 0 saturated heterocycles. The Morgan fingerprint density at radius 3 is 1.33 bits per heavy atom. The van der Waals surface area contributed by atoms with Crippen LogP contribution in [-0.4, -0.2) is 6.61 Å². The highest BCUT2D eigenvalue weighted by Gasteiger charge is 1.94. The van der Waals surface area contributed by atoms with Crippen molar-refractivity contribution in [2.75, 3.05) is 6.61 Å². The lowest BCUT2D eigenvalue weighted by Gasteiger charge is -2.04. The fraction of sp³-hybridized carbons (Fsp3) is 0.913. The van der Waals surface area contributed by atoms with Crippen LogP contribution in [0.25, 0.3) is 0 Å². The summed E-state index contributed by atoms with van der Waals surface area (Å²) in [6.07, 6.45) is 25.8. The van der Waals surface area contributed by atoms with Crippen LogP contribution < -0.4 is 0 Å². The molecule has 0 fully saturated rings. The van der Waals surface area contributed by atoms with Crippen molar-refractivity contribution < 1.29 is 4.74 Å². The summed E-state index contributed by atoms with van der Waals surface area (Å²) in [7, 11) is 0. The van der Waals surface area contributed by atoms with E-state index in [1.54, 1.807) is 0 Å². The minimum atomic E-state index is 0.899. The Morgan fingerprint density at radius 2 is 0.958 bits per heavy atom. The molecule has 0 heterocycles. The molecule has 0 atom stereocenters. The van der Waals surface area contributed by atoms with E-state index in [0.717, 1.165) is 13.0 Å². The van der Waals surface area contributed by atoms with Crippen LogP contribution in [0.1, 0.15) is 130 Å². The smallest absolute Gasteiger partial charge is 0.0873 e. The zero-order valence-corrected chi connectivity index (χ0v) is 17.2. The Hall–Kier alpha value is -0.460. The topological polar surface area (TPSA) is 9.23 Å². The third kappa shape index (κ3) is 19.6. The van der Waals surface area contributed by atoms with Gasteiger partial charge >= 0.3 is 0 Å². The van der Waals surface area contributed by atoms with Crippen LogP contribution >= 0.6 is 0 Å². The van der Waals surface area contributed by atoms with Crippen molar-refractivity contribution >= 4 is 0 Å². The maximum absolute atomic E-state index is 5.54. The summed E-state index contributed by atoms with van der Waals surface area (Å²) in [6, 6.07) is 0. The van der Waals surface area contributed by atoms with E-state index in [1.165, 1.54) is 108 Å². The Morgan fingerprint density at radius 1 is 0.583 bits per heavy atom. The van der Waals surface area contributed by atoms with Crippen molar-refractivity contribution in [1.82, 2.24) is 0 Å². The Balaban J connectivity index is 3.03. The zero-order valence-electron chi connectivity index (χ0n) is 17.2. The van der Waals surface area contributed by atoms with Gasteiger partial charge in [0.2, 0.25) is 0 Å². The second kappa shape index (κ2) is 20.6. The summed E-state index contributed by atoms with van der Waals surface area (Å²) < 4.78 is 5.54. The molecule has 144 valence electrons. The van der Waals surface area contributed by atoms with E-state index in [0.29, 0.717) is 0 Å². The van der Waals surface area contributed by atoms with Crippen LogP contribution in [-0.2, 0) is 4.74 Å². The Kier molecular flexibility index (Phi) is 20.2. The number of unbranched alkanes of at least 4 members (excludes halogenated alkanes) is 15. The quantitative estimate of drug-likeness (QED) is 0.169. The molecule has 0 bridgehead atoms. The van der Waals surface area contributed by atoms with Crippen molar-refractivity contribution in [1.29, 1.82) is 0 Å². The largest absolute Gasteiger partial charge is 0.501 e. The van der Waals surface area contributed by atoms with Gasteiger partial charge in [-0.05, 0) is 25.3 Å². The molecule has 0 rings (SSSR count). The van der Waals surface area contributed by atoms with E-state index in [9.17, 15) is 0 Å². The molecule has 0 aliphatic rings.